The molecule has 0 bridgehead atoms. The summed E-state index contributed by atoms with van der Waals surface area (Å²) >= 11 is 5.86. The van der Waals surface area contributed by atoms with Gasteiger partial charge in [0.2, 0.25) is 5.91 Å². The van der Waals surface area contributed by atoms with E-state index in [0.29, 0.717) is 37.6 Å². The molecule has 2 aliphatic heterocycles. The fourth-order valence-corrected chi connectivity index (χ4v) is 3.51. The van der Waals surface area contributed by atoms with E-state index < -0.39 is 23.4 Å². The lowest BCUT2D eigenvalue weighted by molar-refractivity contribution is -0.133. The van der Waals surface area contributed by atoms with E-state index in [1.165, 1.54) is 22.9 Å². The zero-order valence-electron chi connectivity index (χ0n) is 16.9. The molecule has 0 spiro atoms. The summed E-state index contributed by atoms with van der Waals surface area (Å²) < 4.78 is 20.1. The van der Waals surface area contributed by atoms with E-state index in [1.807, 2.05) is 4.90 Å². The number of hydrazine groups is 1. The molecule has 3 amide bonds. The van der Waals surface area contributed by atoms with Crippen molar-refractivity contribution >= 4 is 40.9 Å². The lowest BCUT2D eigenvalue weighted by Gasteiger charge is -2.24. The third-order valence-corrected chi connectivity index (χ3v) is 5.11. The third kappa shape index (κ3) is 5.11. The Morgan fingerprint density at radius 3 is 2.80 bits per heavy atom. The number of anilines is 2. The number of nitrogens with zero attached hydrogens (tertiary/aromatic N) is 3. The molecule has 30 heavy (non-hydrogen) atoms. The van der Waals surface area contributed by atoms with Gasteiger partial charge in [0.05, 0.1) is 31.0 Å². The van der Waals surface area contributed by atoms with Gasteiger partial charge in [-0.25, -0.2) is 14.6 Å². The van der Waals surface area contributed by atoms with Gasteiger partial charge in [-0.05, 0) is 25.1 Å². The highest BCUT2D eigenvalue weighted by Crippen LogP contribution is 2.28. The second-order valence-corrected chi connectivity index (χ2v) is 7.84. The lowest BCUT2D eigenvalue weighted by atomic mass is 10.2. The van der Waals surface area contributed by atoms with Crippen LogP contribution in [0.25, 0.3) is 0 Å². The first kappa shape index (κ1) is 22.1. The fraction of sp³-hybridized carbons (Fsp3) is 0.526. The SMILES string of the molecule is CC(=O)NC[C@H]1CN(c2ccc(N3CCNN(C(=O)C(C)Cl)CC3)c(F)c2)C(=O)O1. The number of alkyl halides is 1. The average Bonchev–Trinajstić information content (AvgIpc) is 2.91. The minimum absolute atomic E-state index is 0.203. The van der Waals surface area contributed by atoms with Gasteiger partial charge in [0.15, 0.2) is 0 Å². The first-order valence-corrected chi connectivity index (χ1v) is 10.2. The molecule has 1 aromatic carbocycles. The molecule has 1 unspecified atom stereocenters. The summed E-state index contributed by atoms with van der Waals surface area (Å²) in [7, 11) is 0. The molecule has 1 aromatic rings. The Kier molecular flexibility index (Phi) is 6.99. The van der Waals surface area contributed by atoms with E-state index >= 15 is 0 Å². The van der Waals surface area contributed by atoms with Crippen LogP contribution < -0.4 is 20.5 Å². The molecule has 164 valence electrons. The Morgan fingerprint density at radius 1 is 1.37 bits per heavy atom. The van der Waals surface area contributed by atoms with Crippen molar-refractivity contribution in [1.29, 1.82) is 0 Å². The van der Waals surface area contributed by atoms with Crippen molar-refractivity contribution in [3.8, 4) is 0 Å². The molecule has 2 atom stereocenters. The maximum atomic E-state index is 14.9. The van der Waals surface area contributed by atoms with E-state index in [2.05, 4.69) is 10.7 Å². The fourth-order valence-electron chi connectivity index (χ4n) is 3.39. The highest BCUT2D eigenvalue weighted by molar-refractivity contribution is 6.30. The molecular weight excluding hydrogens is 417 g/mol. The number of benzene rings is 1. The topological polar surface area (TPSA) is 94.2 Å². The van der Waals surface area contributed by atoms with Crippen LogP contribution in [0.3, 0.4) is 0 Å². The summed E-state index contributed by atoms with van der Waals surface area (Å²) in [5.41, 5.74) is 3.77. The van der Waals surface area contributed by atoms with Crippen LogP contribution in [0.5, 0.6) is 0 Å². The maximum absolute atomic E-state index is 14.9. The summed E-state index contributed by atoms with van der Waals surface area (Å²) in [6.07, 6.45) is -1.07. The number of hydrogen-bond acceptors (Lipinski definition) is 6. The van der Waals surface area contributed by atoms with E-state index in [-0.39, 0.29) is 24.9 Å². The highest BCUT2D eigenvalue weighted by Gasteiger charge is 2.33. The van der Waals surface area contributed by atoms with Crippen molar-refractivity contribution in [3.63, 3.8) is 0 Å². The van der Waals surface area contributed by atoms with Gasteiger partial charge in [-0.15, -0.1) is 11.6 Å². The molecular formula is C19H25ClFN5O4. The molecule has 0 saturated carbocycles. The van der Waals surface area contributed by atoms with Crippen molar-refractivity contribution < 1.29 is 23.5 Å². The molecule has 2 saturated heterocycles. The number of hydrogen-bond donors (Lipinski definition) is 2. The van der Waals surface area contributed by atoms with Gasteiger partial charge in [0.1, 0.15) is 17.3 Å². The summed E-state index contributed by atoms with van der Waals surface area (Å²) in [6.45, 7) is 5.17. The van der Waals surface area contributed by atoms with Gasteiger partial charge < -0.3 is 15.0 Å². The number of carbonyl (C=O) groups excluding carboxylic acids is 3. The smallest absolute Gasteiger partial charge is 0.414 e. The number of amides is 3. The van der Waals surface area contributed by atoms with Crippen molar-refractivity contribution in [3.05, 3.63) is 24.0 Å². The molecule has 3 rings (SSSR count). The standard InChI is InChI=1S/C19H25ClFN5O4/c1-12(20)18(28)26-8-7-24(6-5-23-26)17-4-3-14(9-16(17)21)25-11-15(30-19(25)29)10-22-13(2)27/h3-4,9,12,15,23H,5-8,10-11H2,1-2H3,(H,22,27)/t12?,15-/m0/s1. The summed E-state index contributed by atoms with van der Waals surface area (Å²) in [5, 5.41) is 3.42. The molecule has 2 aliphatic rings. The Labute approximate surface area is 179 Å². The highest BCUT2D eigenvalue weighted by atomic mass is 35.5. The van der Waals surface area contributed by atoms with Crippen LogP contribution in [0.15, 0.2) is 18.2 Å². The van der Waals surface area contributed by atoms with Crippen LogP contribution in [0.2, 0.25) is 0 Å². The summed E-state index contributed by atoms with van der Waals surface area (Å²) in [4.78, 5) is 38.4. The van der Waals surface area contributed by atoms with Crippen LogP contribution in [0, 0.1) is 5.82 Å². The second-order valence-electron chi connectivity index (χ2n) is 7.19. The van der Waals surface area contributed by atoms with Crippen molar-refractivity contribution in [2.45, 2.75) is 25.3 Å². The first-order chi connectivity index (χ1) is 14.3. The van der Waals surface area contributed by atoms with Gasteiger partial charge in [-0.1, -0.05) is 0 Å². The largest absolute Gasteiger partial charge is 0.442 e. The van der Waals surface area contributed by atoms with Crippen LogP contribution in [0.1, 0.15) is 13.8 Å². The van der Waals surface area contributed by atoms with Crippen LogP contribution in [-0.2, 0) is 14.3 Å². The minimum Gasteiger partial charge on any atom is -0.442 e. The van der Waals surface area contributed by atoms with Crippen molar-refractivity contribution in [2.75, 3.05) is 49.1 Å². The van der Waals surface area contributed by atoms with E-state index in [9.17, 15) is 18.8 Å². The van der Waals surface area contributed by atoms with Crippen LogP contribution in [-0.4, -0.2) is 73.7 Å². The van der Waals surface area contributed by atoms with Gasteiger partial charge in [-0.2, -0.15) is 0 Å². The van der Waals surface area contributed by atoms with Crippen molar-refractivity contribution in [1.82, 2.24) is 15.8 Å². The number of cyclic esters (lactones) is 1. The van der Waals surface area contributed by atoms with Crippen LogP contribution in [0.4, 0.5) is 20.6 Å². The molecule has 0 aliphatic carbocycles. The number of nitrogens with one attached hydrogen (secondary N) is 2. The van der Waals surface area contributed by atoms with Gasteiger partial charge >= 0.3 is 6.09 Å². The normalized spacial score (nSPS) is 20.6. The Morgan fingerprint density at radius 2 is 2.13 bits per heavy atom. The number of halogens is 2. The molecule has 0 aromatic heterocycles. The quantitative estimate of drug-likeness (QED) is 0.664. The lowest BCUT2D eigenvalue weighted by Crippen LogP contribution is -2.46. The van der Waals surface area contributed by atoms with Crippen LogP contribution >= 0.6 is 11.6 Å². The number of rotatable bonds is 5. The second kappa shape index (κ2) is 9.48. The van der Waals surface area contributed by atoms with E-state index in [4.69, 9.17) is 16.3 Å². The van der Waals surface area contributed by atoms with Gasteiger partial charge in [0, 0.05) is 26.6 Å². The molecule has 2 fully saturated rings. The van der Waals surface area contributed by atoms with E-state index in [0.717, 1.165) is 0 Å². The summed E-state index contributed by atoms with van der Waals surface area (Å²) in [6, 6.07) is 4.56. The Bertz CT molecular complexity index is 824. The third-order valence-electron chi connectivity index (χ3n) is 4.92. The minimum atomic E-state index is -0.644. The van der Waals surface area contributed by atoms with E-state index in [1.54, 1.807) is 19.1 Å². The maximum Gasteiger partial charge on any atom is 0.414 e. The predicted molar refractivity (Wildman–Crippen MR) is 110 cm³/mol. The van der Waals surface area contributed by atoms with Gasteiger partial charge in [0.25, 0.3) is 5.91 Å². The predicted octanol–water partition coefficient (Wildman–Crippen LogP) is 1.07. The Hall–Kier alpha value is -2.59. The number of carbonyl (C=O) groups is 3. The zero-order valence-corrected chi connectivity index (χ0v) is 17.6. The molecule has 11 heteroatoms. The molecule has 9 nitrogen and oxygen atoms in total. The zero-order chi connectivity index (χ0) is 21.8. The average molecular weight is 442 g/mol. The molecule has 2 heterocycles. The molecule has 2 N–H and O–H groups in total. The van der Waals surface area contributed by atoms with Crippen molar-refractivity contribution in [2.24, 2.45) is 0 Å². The Balaban J connectivity index is 1.66. The van der Waals surface area contributed by atoms with Gasteiger partial charge in [-0.3, -0.25) is 19.5 Å². The first-order valence-electron chi connectivity index (χ1n) is 9.72. The molecule has 0 radical (unpaired) electrons. The number of ether oxygens (including phenoxy) is 1. The monoisotopic (exact) mass is 441 g/mol. The summed E-state index contributed by atoms with van der Waals surface area (Å²) in [5.74, 6) is -0.917.